The summed E-state index contributed by atoms with van der Waals surface area (Å²) in [5.74, 6) is 1.59. The highest BCUT2D eigenvalue weighted by Crippen LogP contribution is 2.19. The van der Waals surface area contributed by atoms with Crippen LogP contribution in [-0.2, 0) is 17.8 Å². The molecule has 0 atom stereocenters. The number of carbonyl (C=O) groups is 1. The molecule has 0 unspecified atom stereocenters. The quantitative estimate of drug-likeness (QED) is 0.318. The van der Waals surface area contributed by atoms with Crippen LogP contribution in [0.15, 0.2) is 92.5 Å². The summed E-state index contributed by atoms with van der Waals surface area (Å²) in [5, 5.41) is 4.05. The van der Waals surface area contributed by atoms with Crippen molar-refractivity contribution in [2.75, 3.05) is 6.54 Å². The van der Waals surface area contributed by atoms with Crippen molar-refractivity contribution in [2.24, 2.45) is 0 Å². The molecular weight excluding hydrogens is 458 g/mol. The summed E-state index contributed by atoms with van der Waals surface area (Å²) in [4.78, 5) is 19.0. The van der Waals surface area contributed by atoms with Gasteiger partial charge in [0.2, 0.25) is 17.6 Å². The molecule has 4 rings (SSSR count). The van der Waals surface area contributed by atoms with Crippen LogP contribution in [0.3, 0.4) is 0 Å². The molecule has 0 N–H and O–H groups in total. The van der Waals surface area contributed by atoms with E-state index in [1.165, 1.54) is 0 Å². The standard InChI is InChI=1S/C24H20BrN3O3/c25-20-11-9-19(10-12-20)24-26-22(31-27-24)14-15-28(17-21-7-4-16-30-21)23(29)13-8-18-5-2-1-3-6-18/h1-13,16H,14-15,17H2/b13-8+. The SMILES string of the molecule is O=C(/C=C/c1ccccc1)N(CCc1nc(-c2ccc(Br)cc2)no1)Cc1ccco1. The molecule has 0 aliphatic rings. The second-order valence-corrected chi connectivity index (χ2v) is 7.77. The maximum Gasteiger partial charge on any atom is 0.246 e. The zero-order valence-corrected chi connectivity index (χ0v) is 18.2. The van der Waals surface area contributed by atoms with Crippen LogP contribution in [0, 0.1) is 0 Å². The molecule has 2 aromatic carbocycles. The van der Waals surface area contributed by atoms with E-state index >= 15 is 0 Å². The lowest BCUT2D eigenvalue weighted by atomic mass is 10.2. The van der Waals surface area contributed by atoms with Crippen LogP contribution >= 0.6 is 15.9 Å². The Kier molecular flexibility index (Phi) is 6.74. The minimum Gasteiger partial charge on any atom is -0.467 e. The van der Waals surface area contributed by atoms with Crippen molar-refractivity contribution in [3.63, 3.8) is 0 Å². The van der Waals surface area contributed by atoms with Crippen LogP contribution < -0.4 is 0 Å². The van der Waals surface area contributed by atoms with Crippen LogP contribution in [0.2, 0.25) is 0 Å². The third kappa shape index (κ3) is 5.79. The van der Waals surface area contributed by atoms with Gasteiger partial charge in [0.05, 0.1) is 12.8 Å². The smallest absolute Gasteiger partial charge is 0.246 e. The second kappa shape index (κ2) is 10.0. The van der Waals surface area contributed by atoms with Gasteiger partial charge in [-0.15, -0.1) is 0 Å². The van der Waals surface area contributed by atoms with Crippen LogP contribution in [-0.4, -0.2) is 27.5 Å². The average Bonchev–Trinajstić information content (AvgIpc) is 3.48. The van der Waals surface area contributed by atoms with Gasteiger partial charge in [0.25, 0.3) is 0 Å². The number of hydrogen-bond acceptors (Lipinski definition) is 5. The number of hydrogen-bond donors (Lipinski definition) is 0. The van der Waals surface area contributed by atoms with Crippen molar-refractivity contribution in [2.45, 2.75) is 13.0 Å². The lowest BCUT2D eigenvalue weighted by molar-refractivity contribution is -0.126. The highest BCUT2D eigenvalue weighted by atomic mass is 79.9. The molecule has 4 aromatic rings. The molecule has 156 valence electrons. The minimum atomic E-state index is -0.118. The molecule has 0 aliphatic heterocycles. The number of halogens is 1. The molecule has 2 heterocycles. The van der Waals surface area contributed by atoms with E-state index in [0.29, 0.717) is 37.0 Å². The Hall–Kier alpha value is -3.45. The molecule has 7 heteroatoms. The molecule has 0 spiro atoms. The fourth-order valence-corrected chi connectivity index (χ4v) is 3.26. The molecule has 1 amide bonds. The maximum atomic E-state index is 12.8. The Morgan fingerprint density at radius 3 is 2.58 bits per heavy atom. The third-order valence-corrected chi connectivity index (χ3v) is 5.15. The molecule has 0 saturated heterocycles. The van der Waals surface area contributed by atoms with Crippen molar-refractivity contribution in [1.29, 1.82) is 0 Å². The molecule has 0 aliphatic carbocycles. The normalized spacial score (nSPS) is 11.1. The van der Waals surface area contributed by atoms with E-state index in [2.05, 4.69) is 26.1 Å². The Balaban J connectivity index is 1.44. The van der Waals surface area contributed by atoms with Gasteiger partial charge in [0.15, 0.2) is 0 Å². The molecule has 0 bridgehead atoms. The first-order valence-electron chi connectivity index (χ1n) is 9.80. The van der Waals surface area contributed by atoms with Gasteiger partial charge in [-0.2, -0.15) is 4.98 Å². The Bertz CT molecular complexity index is 1140. The van der Waals surface area contributed by atoms with Crippen molar-refractivity contribution >= 4 is 27.9 Å². The van der Waals surface area contributed by atoms with E-state index in [9.17, 15) is 4.79 Å². The summed E-state index contributed by atoms with van der Waals surface area (Å²) < 4.78 is 11.8. The first-order valence-corrected chi connectivity index (χ1v) is 10.6. The number of benzene rings is 2. The first-order chi connectivity index (χ1) is 15.2. The largest absolute Gasteiger partial charge is 0.467 e. The third-order valence-electron chi connectivity index (χ3n) is 4.62. The summed E-state index contributed by atoms with van der Waals surface area (Å²) in [5.41, 5.74) is 1.83. The molecule has 6 nitrogen and oxygen atoms in total. The number of furan rings is 1. The highest BCUT2D eigenvalue weighted by Gasteiger charge is 2.16. The molecule has 0 saturated carbocycles. The number of nitrogens with zero attached hydrogens (tertiary/aromatic N) is 3. The van der Waals surface area contributed by atoms with Gasteiger partial charge in [0, 0.05) is 29.1 Å². The fourth-order valence-electron chi connectivity index (χ4n) is 3.00. The van der Waals surface area contributed by atoms with E-state index in [4.69, 9.17) is 8.94 Å². The zero-order chi connectivity index (χ0) is 21.5. The summed E-state index contributed by atoms with van der Waals surface area (Å²) in [7, 11) is 0. The summed E-state index contributed by atoms with van der Waals surface area (Å²) in [6, 6.07) is 21.0. The summed E-state index contributed by atoms with van der Waals surface area (Å²) in [6.45, 7) is 0.777. The minimum absolute atomic E-state index is 0.118. The van der Waals surface area contributed by atoms with Gasteiger partial charge >= 0.3 is 0 Å². The van der Waals surface area contributed by atoms with Gasteiger partial charge in [0.1, 0.15) is 5.76 Å². The average molecular weight is 478 g/mol. The van der Waals surface area contributed by atoms with Gasteiger partial charge in [-0.25, -0.2) is 0 Å². The van der Waals surface area contributed by atoms with E-state index in [1.54, 1.807) is 29.4 Å². The Morgan fingerprint density at radius 2 is 1.84 bits per heavy atom. The van der Waals surface area contributed by atoms with E-state index in [1.807, 2.05) is 60.7 Å². The van der Waals surface area contributed by atoms with Crippen molar-refractivity contribution < 1.29 is 13.7 Å². The van der Waals surface area contributed by atoms with Gasteiger partial charge in [-0.3, -0.25) is 4.79 Å². The maximum absolute atomic E-state index is 12.8. The van der Waals surface area contributed by atoms with Crippen molar-refractivity contribution in [3.8, 4) is 11.4 Å². The Labute approximate surface area is 188 Å². The first kappa shape index (κ1) is 20.8. The monoisotopic (exact) mass is 477 g/mol. The predicted octanol–water partition coefficient (Wildman–Crippen LogP) is 5.38. The van der Waals surface area contributed by atoms with Crippen LogP contribution in [0.5, 0.6) is 0 Å². The second-order valence-electron chi connectivity index (χ2n) is 6.85. The molecule has 31 heavy (non-hydrogen) atoms. The van der Waals surface area contributed by atoms with Crippen LogP contribution in [0.4, 0.5) is 0 Å². The van der Waals surface area contributed by atoms with Gasteiger partial charge in [-0.1, -0.05) is 51.4 Å². The molecular formula is C24H20BrN3O3. The Morgan fingerprint density at radius 1 is 1.03 bits per heavy atom. The van der Waals surface area contributed by atoms with Crippen LogP contribution in [0.1, 0.15) is 17.2 Å². The summed E-state index contributed by atoms with van der Waals surface area (Å²) in [6.07, 6.45) is 5.41. The van der Waals surface area contributed by atoms with Crippen molar-refractivity contribution in [1.82, 2.24) is 15.0 Å². The summed E-state index contributed by atoms with van der Waals surface area (Å²) >= 11 is 3.41. The van der Waals surface area contributed by atoms with E-state index < -0.39 is 0 Å². The lowest BCUT2D eigenvalue weighted by Crippen LogP contribution is -2.31. The fraction of sp³-hybridized carbons (Fsp3) is 0.125. The van der Waals surface area contributed by atoms with Gasteiger partial charge < -0.3 is 13.8 Å². The van der Waals surface area contributed by atoms with E-state index in [-0.39, 0.29) is 5.91 Å². The molecule has 0 radical (unpaired) electrons. The number of carbonyl (C=O) groups excluding carboxylic acids is 1. The molecule has 0 fully saturated rings. The predicted molar refractivity (Wildman–Crippen MR) is 121 cm³/mol. The van der Waals surface area contributed by atoms with Gasteiger partial charge in [-0.05, 0) is 48.0 Å². The number of rotatable bonds is 8. The number of aromatic nitrogens is 2. The topological polar surface area (TPSA) is 72.4 Å². The molecule has 2 aromatic heterocycles. The van der Waals surface area contributed by atoms with Crippen molar-refractivity contribution in [3.05, 3.63) is 101 Å². The highest BCUT2D eigenvalue weighted by molar-refractivity contribution is 9.10. The van der Waals surface area contributed by atoms with E-state index in [0.717, 1.165) is 15.6 Å². The van der Waals surface area contributed by atoms with Crippen LogP contribution in [0.25, 0.3) is 17.5 Å². The zero-order valence-electron chi connectivity index (χ0n) is 16.6. The number of amides is 1. The lowest BCUT2D eigenvalue weighted by Gasteiger charge is -2.19.